The molecule has 1 aliphatic rings. The second-order valence-corrected chi connectivity index (χ2v) is 23.5. The highest BCUT2D eigenvalue weighted by molar-refractivity contribution is 7.30. The Hall–Kier alpha value is -2.59. The second-order valence-electron chi connectivity index (χ2n) is 13.9. The lowest BCUT2D eigenvalue weighted by Gasteiger charge is -2.46. The van der Waals surface area contributed by atoms with Crippen LogP contribution in [0, 0.1) is 0 Å². The van der Waals surface area contributed by atoms with Crippen molar-refractivity contribution in [1.82, 2.24) is 9.55 Å². The number of aromatic nitrogens is 2. The number of H-pyrrole nitrogens is 1. The largest absolute Gasteiger partial charge is 0.566 e. The highest BCUT2D eigenvalue weighted by atomic mass is 31.1. The number of benzene rings is 2. The predicted octanol–water partition coefficient (Wildman–Crippen LogP) is 3.12. The van der Waals surface area contributed by atoms with E-state index < -0.39 is 70.4 Å². The summed E-state index contributed by atoms with van der Waals surface area (Å²) in [6, 6.07) is 20.8. The van der Waals surface area contributed by atoms with Crippen molar-refractivity contribution in [3.8, 4) is 0 Å². The topological polar surface area (TPSA) is 152 Å². The number of aliphatic hydroxyl groups is 1. The molecule has 2 aromatic carbocycles. The Morgan fingerprint density at radius 2 is 1.49 bits per heavy atom. The number of nitrogens with zero attached hydrogens (tertiary/aromatic N) is 1. The van der Waals surface area contributed by atoms with Gasteiger partial charge in [-0.2, -0.15) is 0 Å². The molecule has 1 aliphatic heterocycles. The summed E-state index contributed by atoms with van der Waals surface area (Å²) in [5, 5.41) is 13.0. The molecule has 1 fully saturated rings. The summed E-state index contributed by atoms with van der Waals surface area (Å²) in [6.07, 6.45) is -3.42. The molecule has 0 bridgehead atoms. The van der Waals surface area contributed by atoms with Gasteiger partial charge in [0.1, 0.15) is 6.10 Å². The Morgan fingerprint density at radius 1 is 0.956 bits per heavy atom. The monoisotopic (exact) mass is 674 g/mol. The van der Waals surface area contributed by atoms with E-state index in [1.807, 2.05) is 94.5 Å². The fourth-order valence-corrected chi connectivity index (χ4v) is 12.1. The van der Waals surface area contributed by atoms with Crippen LogP contribution in [0.2, 0.25) is 23.2 Å². The molecule has 1 saturated heterocycles. The van der Waals surface area contributed by atoms with Crippen molar-refractivity contribution in [2.45, 2.75) is 88.9 Å². The summed E-state index contributed by atoms with van der Waals surface area (Å²) in [7, 11) is -9.68. The van der Waals surface area contributed by atoms with E-state index >= 15 is 0 Å². The fourth-order valence-electron chi connectivity index (χ4n) is 5.62. The first-order valence-corrected chi connectivity index (χ1v) is 20.7. The number of aromatic amines is 1. The van der Waals surface area contributed by atoms with E-state index in [1.54, 1.807) is 0 Å². The van der Waals surface area contributed by atoms with Gasteiger partial charge in [-0.1, -0.05) is 102 Å². The summed E-state index contributed by atoms with van der Waals surface area (Å²) in [5.41, 5.74) is -1.49. The molecule has 0 amide bonds. The molecule has 4 rings (SSSR count). The van der Waals surface area contributed by atoms with E-state index in [2.05, 4.69) is 25.8 Å². The molecular formula is C31H43N2O9PSi2. The maximum Gasteiger partial charge on any atom is 0.491 e. The van der Waals surface area contributed by atoms with E-state index in [0.29, 0.717) is 0 Å². The second kappa shape index (κ2) is 12.9. The van der Waals surface area contributed by atoms with E-state index in [9.17, 15) is 24.2 Å². The quantitative estimate of drug-likeness (QED) is 0.188. The molecule has 1 aromatic heterocycles. The first-order chi connectivity index (χ1) is 20.9. The summed E-state index contributed by atoms with van der Waals surface area (Å²) in [4.78, 5) is 39.2. The van der Waals surface area contributed by atoms with Crippen LogP contribution in [0.3, 0.4) is 0 Å². The van der Waals surface area contributed by atoms with Gasteiger partial charge in [0.05, 0.1) is 6.61 Å². The third kappa shape index (κ3) is 6.78. The first kappa shape index (κ1) is 35.3. The molecule has 11 nitrogen and oxygen atoms in total. The van der Waals surface area contributed by atoms with Crippen molar-refractivity contribution in [3.05, 3.63) is 93.8 Å². The van der Waals surface area contributed by atoms with E-state index in [-0.39, 0.29) is 6.61 Å². The van der Waals surface area contributed by atoms with Gasteiger partial charge in [0, 0.05) is 12.3 Å². The molecule has 0 spiro atoms. The van der Waals surface area contributed by atoms with Crippen LogP contribution in [0.15, 0.2) is 82.5 Å². The maximum absolute atomic E-state index is 12.9. The number of nitrogens with one attached hydrogen (secondary N) is 1. The van der Waals surface area contributed by atoms with Gasteiger partial charge < -0.3 is 23.6 Å². The Kier molecular flexibility index (Phi) is 10.1. The molecular weight excluding hydrogens is 631 g/mol. The van der Waals surface area contributed by atoms with E-state index in [1.165, 1.54) is 6.20 Å². The van der Waals surface area contributed by atoms with Crippen molar-refractivity contribution < 1.29 is 32.7 Å². The predicted molar refractivity (Wildman–Crippen MR) is 175 cm³/mol. The smallest absolute Gasteiger partial charge is 0.491 e. The molecule has 5 atom stereocenters. The molecule has 0 aliphatic carbocycles. The zero-order valence-electron chi connectivity index (χ0n) is 27.0. The third-order valence-electron chi connectivity index (χ3n) is 8.87. The molecule has 2 N–H and O–H groups in total. The maximum atomic E-state index is 12.9. The summed E-state index contributed by atoms with van der Waals surface area (Å²) < 4.78 is 39.0. The Morgan fingerprint density at radius 3 is 1.93 bits per heavy atom. The molecule has 2 heterocycles. The Bertz CT molecular complexity index is 1560. The lowest BCUT2D eigenvalue weighted by Crippen LogP contribution is -2.68. The minimum Gasteiger partial charge on any atom is -0.566 e. The average Bonchev–Trinajstić information content (AvgIpc) is 3.18. The molecule has 14 heteroatoms. The number of hydrogen-bond acceptors (Lipinski definition) is 9. The van der Waals surface area contributed by atoms with Crippen LogP contribution in [-0.4, -0.2) is 55.9 Å². The summed E-state index contributed by atoms with van der Waals surface area (Å²) in [5.74, 6) is -2.27. The number of ether oxygens (including phenoxy) is 1. The number of aliphatic hydroxyl groups excluding tert-OH is 1. The van der Waals surface area contributed by atoms with E-state index in [0.717, 1.165) is 21.0 Å². The van der Waals surface area contributed by atoms with Gasteiger partial charge in [0.25, 0.3) is 19.7 Å². The van der Waals surface area contributed by atoms with Gasteiger partial charge in [0.2, 0.25) is 0 Å². The van der Waals surface area contributed by atoms with Gasteiger partial charge in [-0.3, -0.25) is 14.3 Å². The van der Waals surface area contributed by atoms with Crippen molar-refractivity contribution >= 4 is 35.3 Å². The van der Waals surface area contributed by atoms with Crippen LogP contribution in [-0.2, 0) is 22.7 Å². The van der Waals surface area contributed by atoms with Crippen LogP contribution < -0.4 is 26.5 Å². The van der Waals surface area contributed by atoms with Gasteiger partial charge in [0.15, 0.2) is 20.6 Å². The first-order valence-electron chi connectivity index (χ1n) is 14.8. The molecule has 3 aromatic rings. The lowest BCUT2D eigenvalue weighted by atomic mass is 10.1. The van der Waals surface area contributed by atoms with Gasteiger partial charge in [-0.05, 0) is 38.1 Å². The Labute approximate surface area is 266 Å². The minimum absolute atomic E-state index is 0.253. The van der Waals surface area contributed by atoms with Crippen LogP contribution in [0.5, 0.6) is 0 Å². The zero-order valence-corrected chi connectivity index (χ0v) is 29.9. The van der Waals surface area contributed by atoms with Crippen LogP contribution in [0.1, 0.15) is 47.8 Å². The highest BCUT2D eigenvalue weighted by Gasteiger charge is 2.66. The van der Waals surface area contributed by atoms with Crippen molar-refractivity contribution in [1.29, 1.82) is 0 Å². The van der Waals surface area contributed by atoms with Gasteiger partial charge in [-0.25, -0.2) is 4.79 Å². The summed E-state index contributed by atoms with van der Waals surface area (Å²) in [6.45, 7) is 15.7. The van der Waals surface area contributed by atoms with Crippen molar-refractivity contribution in [3.63, 3.8) is 0 Å². The molecule has 0 radical (unpaired) electrons. The van der Waals surface area contributed by atoms with Crippen molar-refractivity contribution in [2.75, 3.05) is 6.61 Å². The molecule has 45 heavy (non-hydrogen) atoms. The lowest BCUT2D eigenvalue weighted by molar-refractivity contribution is -0.251. The standard InChI is InChI=1S/C31H43N2O9PSi2/c1-29(2,3)44(7,8)42-31(41-43(37)38)24(40-27(26(31)35)33-20-19-25(34)32-28(33)36)21-39-45(30(4,5)6,22-15-11-9-12-16-22)23-17-13-10-14-18-23/h9-20,24,26-27,35H,21H2,1-8H3,(H,32,34,36)/t24-,26+,27-,31+/m1/s1. The third-order valence-corrected chi connectivity index (χ3v) is 18.7. The normalized spacial score (nSPS) is 23.2. The summed E-state index contributed by atoms with van der Waals surface area (Å²) >= 11 is 0. The van der Waals surface area contributed by atoms with E-state index in [4.69, 9.17) is 18.1 Å². The van der Waals surface area contributed by atoms with Crippen LogP contribution in [0.25, 0.3) is 0 Å². The van der Waals surface area contributed by atoms with Crippen LogP contribution in [0.4, 0.5) is 0 Å². The van der Waals surface area contributed by atoms with Gasteiger partial charge in [-0.15, -0.1) is 4.52 Å². The van der Waals surface area contributed by atoms with Gasteiger partial charge >= 0.3 is 13.9 Å². The van der Waals surface area contributed by atoms with Crippen molar-refractivity contribution in [2.24, 2.45) is 0 Å². The number of rotatable bonds is 10. The number of hydrogen-bond donors (Lipinski definition) is 2. The Balaban J connectivity index is 1.91. The average molecular weight is 675 g/mol. The SMILES string of the molecule is CC(C)(C)[Si](C)(C)O[C@@]1(O[P+](=O)[O-])[C@@H](CO[Si](c2ccccc2)(c2ccccc2)C(C)(C)C)O[C@@H](n2ccc(=O)[nH]c2=O)[C@@H]1O. The molecule has 1 unspecified atom stereocenters. The zero-order chi connectivity index (χ0) is 33.4. The van der Waals surface area contributed by atoms with Crippen LogP contribution >= 0.6 is 8.25 Å². The fraction of sp³-hybridized carbons (Fsp3) is 0.484. The minimum atomic E-state index is -3.58. The molecule has 0 saturated carbocycles. The molecule has 244 valence electrons. The highest BCUT2D eigenvalue weighted by Crippen LogP contribution is 2.50.